The molecule has 1 rings (SSSR count). The maximum Gasteiger partial charge on any atom is 0.145 e. The summed E-state index contributed by atoms with van der Waals surface area (Å²) in [6.45, 7) is 5.21. The van der Waals surface area contributed by atoms with Gasteiger partial charge in [0.15, 0.2) is 0 Å². The van der Waals surface area contributed by atoms with Crippen LogP contribution in [0.3, 0.4) is 0 Å². The molecule has 17 heavy (non-hydrogen) atoms. The molecule has 0 radical (unpaired) electrons. The Hall–Kier alpha value is -0.320. The van der Waals surface area contributed by atoms with Crippen LogP contribution >= 0.6 is 27.5 Å². The van der Waals surface area contributed by atoms with Gasteiger partial charge in [0.2, 0.25) is 0 Å². The molecule has 0 fully saturated rings. The third-order valence-corrected chi connectivity index (χ3v) is 3.47. The van der Waals surface area contributed by atoms with E-state index in [0.29, 0.717) is 23.4 Å². The van der Waals surface area contributed by atoms with Crippen molar-refractivity contribution in [2.45, 2.75) is 20.3 Å². The molecule has 96 valence electrons. The van der Waals surface area contributed by atoms with Gasteiger partial charge in [-0.1, -0.05) is 25.4 Å². The molecule has 2 nitrogen and oxygen atoms in total. The first kappa shape index (κ1) is 14.7. The second-order valence-corrected chi connectivity index (χ2v) is 5.93. The number of halogens is 3. The Kier molecular flexibility index (Phi) is 5.22. The molecule has 5 heteroatoms. The topological polar surface area (TPSA) is 35.2 Å². The Morgan fingerprint density at radius 1 is 1.47 bits per heavy atom. The second-order valence-electron chi connectivity index (χ2n) is 4.66. The Bertz CT molecular complexity index is 398. The van der Waals surface area contributed by atoms with E-state index in [-0.39, 0.29) is 10.4 Å². The monoisotopic (exact) mass is 323 g/mol. The van der Waals surface area contributed by atoms with E-state index < -0.39 is 5.82 Å². The average molecular weight is 325 g/mol. The quantitative estimate of drug-likeness (QED) is 0.831. The van der Waals surface area contributed by atoms with Crippen molar-refractivity contribution in [3.63, 3.8) is 0 Å². The van der Waals surface area contributed by atoms with Crippen LogP contribution in [0.2, 0.25) is 5.02 Å². The molecule has 0 heterocycles. The Balaban J connectivity index is 2.61. The highest BCUT2D eigenvalue weighted by molar-refractivity contribution is 9.10. The largest absolute Gasteiger partial charge is 0.492 e. The van der Waals surface area contributed by atoms with Gasteiger partial charge in [0, 0.05) is 6.07 Å². The van der Waals surface area contributed by atoms with Crippen molar-refractivity contribution in [1.82, 2.24) is 0 Å². The number of rotatable bonds is 5. The van der Waals surface area contributed by atoms with Crippen molar-refractivity contribution in [2.24, 2.45) is 11.1 Å². The molecule has 0 aliphatic rings. The van der Waals surface area contributed by atoms with Crippen molar-refractivity contribution >= 4 is 27.5 Å². The molecule has 0 spiro atoms. The first-order valence-corrected chi connectivity index (χ1v) is 6.50. The van der Waals surface area contributed by atoms with Crippen molar-refractivity contribution in [3.05, 3.63) is 27.4 Å². The highest BCUT2D eigenvalue weighted by Crippen LogP contribution is 2.31. The molecule has 0 aromatic heterocycles. The van der Waals surface area contributed by atoms with Crippen LogP contribution in [0.5, 0.6) is 5.75 Å². The van der Waals surface area contributed by atoms with Crippen molar-refractivity contribution < 1.29 is 9.13 Å². The van der Waals surface area contributed by atoms with Crippen LogP contribution in [0, 0.1) is 11.2 Å². The number of hydrogen-bond donors (Lipinski definition) is 1. The minimum absolute atomic E-state index is 0.0252. The molecule has 1 aromatic rings. The molecule has 0 aliphatic heterocycles. The van der Waals surface area contributed by atoms with Crippen molar-refractivity contribution in [1.29, 1.82) is 0 Å². The summed E-state index contributed by atoms with van der Waals surface area (Å²) in [5.74, 6) is -0.0253. The highest BCUT2D eigenvalue weighted by Gasteiger charge is 2.16. The summed E-state index contributed by atoms with van der Waals surface area (Å²) in [5.41, 5.74) is 5.64. The van der Waals surface area contributed by atoms with Crippen LogP contribution in [0.4, 0.5) is 4.39 Å². The summed E-state index contributed by atoms with van der Waals surface area (Å²) in [6.07, 6.45) is 0.806. The first-order valence-electron chi connectivity index (χ1n) is 5.33. The van der Waals surface area contributed by atoms with Crippen LogP contribution < -0.4 is 10.5 Å². The van der Waals surface area contributed by atoms with E-state index in [4.69, 9.17) is 22.1 Å². The van der Waals surface area contributed by atoms with Gasteiger partial charge >= 0.3 is 0 Å². The van der Waals surface area contributed by atoms with E-state index in [0.717, 1.165) is 6.42 Å². The molecule has 0 saturated carbocycles. The number of hydrogen-bond acceptors (Lipinski definition) is 2. The fraction of sp³-hybridized carbons (Fsp3) is 0.500. The Labute approximate surface area is 114 Å². The van der Waals surface area contributed by atoms with E-state index in [1.54, 1.807) is 0 Å². The fourth-order valence-corrected chi connectivity index (χ4v) is 1.91. The van der Waals surface area contributed by atoms with Gasteiger partial charge in [-0.2, -0.15) is 0 Å². The molecule has 2 N–H and O–H groups in total. The Morgan fingerprint density at radius 2 is 2.12 bits per heavy atom. The molecular formula is C12H16BrClFNO. The zero-order valence-corrected chi connectivity index (χ0v) is 12.2. The predicted molar refractivity (Wildman–Crippen MR) is 72.1 cm³/mol. The van der Waals surface area contributed by atoms with E-state index in [2.05, 4.69) is 29.8 Å². The molecule has 0 aliphatic carbocycles. The molecule has 0 amide bonds. The second kappa shape index (κ2) is 6.03. The van der Waals surface area contributed by atoms with E-state index >= 15 is 0 Å². The minimum atomic E-state index is -0.483. The van der Waals surface area contributed by atoms with Crippen LogP contribution in [0.1, 0.15) is 20.3 Å². The number of benzene rings is 1. The predicted octanol–water partition coefficient (Wildman–Crippen LogP) is 4.00. The summed E-state index contributed by atoms with van der Waals surface area (Å²) >= 11 is 8.92. The molecular weight excluding hydrogens is 308 g/mol. The fourth-order valence-electron chi connectivity index (χ4n) is 1.15. The van der Waals surface area contributed by atoms with E-state index in [9.17, 15) is 4.39 Å². The average Bonchev–Trinajstić information content (AvgIpc) is 2.25. The lowest BCUT2D eigenvalue weighted by Crippen LogP contribution is -2.25. The minimum Gasteiger partial charge on any atom is -0.492 e. The van der Waals surface area contributed by atoms with Gasteiger partial charge in [0.1, 0.15) is 11.6 Å². The summed E-state index contributed by atoms with van der Waals surface area (Å²) in [4.78, 5) is 0. The van der Waals surface area contributed by atoms with E-state index in [1.807, 2.05) is 0 Å². The van der Waals surface area contributed by atoms with Crippen LogP contribution in [0.15, 0.2) is 16.6 Å². The lowest BCUT2D eigenvalue weighted by molar-refractivity contribution is 0.232. The third-order valence-electron chi connectivity index (χ3n) is 2.56. The maximum atomic E-state index is 13.2. The summed E-state index contributed by atoms with van der Waals surface area (Å²) < 4.78 is 19.4. The van der Waals surface area contributed by atoms with Gasteiger partial charge in [-0.3, -0.25) is 0 Å². The maximum absolute atomic E-state index is 13.2. The Morgan fingerprint density at radius 3 is 2.71 bits per heavy atom. The zero-order chi connectivity index (χ0) is 13.1. The van der Waals surface area contributed by atoms with E-state index in [1.165, 1.54) is 12.1 Å². The first-order chi connectivity index (χ1) is 7.85. The lowest BCUT2D eigenvalue weighted by atomic mass is 9.90. The van der Waals surface area contributed by atoms with Gasteiger partial charge in [0.05, 0.1) is 16.1 Å². The summed E-state index contributed by atoms with van der Waals surface area (Å²) in [5, 5.41) is 0.0755. The SMILES string of the molecule is CC(C)(CN)CCOc1cc(F)c(Cl)cc1Br. The molecule has 1 aromatic carbocycles. The van der Waals surface area contributed by atoms with Gasteiger partial charge in [0.25, 0.3) is 0 Å². The molecule has 0 unspecified atom stereocenters. The molecule has 0 bridgehead atoms. The number of ether oxygens (including phenoxy) is 1. The number of nitrogens with two attached hydrogens (primary N) is 1. The van der Waals surface area contributed by atoms with Crippen LogP contribution in [-0.4, -0.2) is 13.2 Å². The highest BCUT2D eigenvalue weighted by atomic mass is 79.9. The van der Waals surface area contributed by atoms with Crippen molar-refractivity contribution in [3.8, 4) is 5.75 Å². The van der Waals surface area contributed by atoms with Crippen LogP contribution in [-0.2, 0) is 0 Å². The third kappa shape index (κ3) is 4.45. The zero-order valence-electron chi connectivity index (χ0n) is 9.90. The summed E-state index contributed by atoms with van der Waals surface area (Å²) in [6, 6.07) is 2.77. The molecule has 0 saturated heterocycles. The normalized spacial score (nSPS) is 11.6. The standard InChI is InChI=1S/C12H16BrClFNO/c1-12(2,7-16)3-4-17-11-6-10(15)9(14)5-8(11)13/h5-6H,3-4,7,16H2,1-2H3. The van der Waals surface area contributed by atoms with Crippen molar-refractivity contribution in [2.75, 3.05) is 13.2 Å². The van der Waals surface area contributed by atoms with Gasteiger partial charge in [-0.05, 0) is 40.4 Å². The van der Waals surface area contributed by atoms with Crippen LogP contribution in [0.25, 0.3) is 0 Å². The van der Waals surface area contributed by atoms with Gasteiger partial charge in [-0.15, -0.1) is 0 Å². The summed E-state index contributed by atoms with van der Waals surface area (Å²) in [7, 11) is 0. The lowest BCUT2D eigenvalue weighted by Gasteiger charge is -2.22. The van der Waals surface area contributed by atoms with Gasteiger partial charge in [-0.25, -0.2) is 4.39 Å². The van der Waals surface area contributed by atoms with Gasteiger partial charge < -0.3 is 10.5 Å². The smallest absolute Gasteiger partial charge is 0.145 e. The molecule has 0 atom stereocenters.